The van der Waals surface area contributed by atoms with E-state index in [0.29, 0.717) is 0 Å². The first kappa shape index (κ1) is 9.25. The Labute approximate surface area is 75.9 Å². The van der Waals surface area contributed by atoms with Crippen molar-refractivity contribution in [3.05, 3.63) is 30.3 Å². The Hall–Kier alpha value is -1.84. The summed E-state index contributed by atoms with van der Waals surface area (Å²) in [7, 11) is 0. The highest BCUT2D eigenvalue weighted by molar-refractivity contribution is 5.98. The fraction of sp³-hybridized carbons (Fsp3) is 0.111. The number of rotatable bonds is 3. The zero-order valence-corrected chi connectivity index (χ0v) is 6.97. The molecule has 1 amide bonds. The third-order valence-corrected chi connectivity index (χ3v) is 1.42. The van der Waals surface area contributed by atoms with E-state index < -0.39 is 0 Å². The minimum Gasteiger partial charge on any atom is -0.411 e. The number of benzene rings is 1. The van der Waals surface area contributed by atoms with Crippen LogP contribution in [0.15, 0.2) is 35.5 Å². The molecule has 0 radical (unpaired) electrons. The molecule has 0 spiro atoms. The fourth-order valence-corrected chi connectivity index (χ4v) is 0.857. The van der Waals surface area contributed by atoms with Crippen LogP contribution in [0.25, 0.3) is 0 Å². The zero-order valence-electron chi connectivity index (χ0n) is 6.97. The van der Waals surface area contributed by atoms with Crippen LogP contribution in [0.1, 0.15) is 6.42 Å². The maximum absolute atomic E-state index is 11.1. The molecule has 68 valence electrons. The van der Waals surface area contributed by atoms with Crippen LogP contribution in [0, 0.1) is 0 Å². The van der Waals surface area contributed by atoms with Gasteiger partial charge in [0, 0.05) is 5.69 Å². The quantitative estimate of drug-likeness (QED) is 0.418. The number of oxime groups is 1. The van der Waals surface area contributed by atoms with E-state index in [9.17, 15) is 4.79 Å². The highest BCUT2D eigenvalue weighted by Crippen LogP contribution is 2.04. The first-order chi connectivity index (χ1) is 6.33. The van der Waals surface area contributed by atoms with Crippen molar-refractivity contribution in [2.75, 3.05) is 5.32 Å². The summed E-state index contributed by atoms with van der Waals surface area (Å²) >= 11 is 0. The Bertz CT molecular complexity index is 296. The highest BCUT2D eigenvalue weighted by Gasteiger charge is 1.98. The second kappa shape index (κ2) is 4.92. The molecule has 4 nitrogen and oxygen atoms in total. The van der Waals surface area contributed by atoms with Crippen LogP contribution in [-0.2, 0) is 4.79 Å². The van der Waals surface area contributed by atoms with Crippen molar-refractivity contribution in [3.63, 3.8) is 0 Å². The molecular weight excluding hydrogens is 168 g/mol. The number of nitrogens with zero attached hydrogens (tertiary/aromatic N) is 1. The van der Waals surface area contributed by atoms with Gasteiger partial charge in [0.2, 0.25) is 5.91 Å². The van der Waals surface area contributed by atoms with Gasteiger partial charge in [-0.2, -0.15) is 0 Å². The summed E-state index contributed by atoms with van der Waals surface area (Å²) < 4.78 is 0. The van der Waals surface area contributed by atoms with Crippen molar-refractivity contribution < 1.29 is 10.0 Å². The molecule has 0 aromatic heterocycles. The summed E-state index contributed by atoms with van der Waals surface area (Å²) in [6.45, 7) is 0. The number of hydrogen-bond donors (Lipinski definition) is 2. The van der Waals surface area contributed by atoms with Crippen LogP contribution in [-0.4, -0.2) is 17.3 Å². The van der Waals surface area contributed by atoms with Gasteiger partial charge in [0.05, 0.1) is 12.6 Å². The molecule has 0 aliphatic heterocycles. The van der Waals surface area contributed by atoms with Crippen LogP contribution in [0.2, 0.25) is 0 Å². The van der Waals surface area contributed by atoms with Crippen molar-refractivity contribution in [2.24, 2.45) is 5.16 Å². The molecular formula is C9H10N2O2. The second-order valence-electron chi connectivity index (χ2n) is 2.42. The van der Waals surface area contributed by atoms with Crippen molar-refractivity contribution >= 4 is 17.8 Å². The molecule has 0 atom stereocenters. The molecule has 0 saturated heterocycles. The van der Waals surface area contributed by atoms with Crippen LogP contribution in [0.5, 0.6) is 0 Å². The van der Waals surface area contributed by atoms with E-state index in [1.165, 1.54) is 0 Å². The van der Waals surface area contributed by atoms with Gasteiger partial charge in [-0.15, -0.1) is 5.16 Å². The molecule has 1 aromatic carbocycles. The largest absolute Gasteiger partial charge is 0.411 e. The van der Waals surface area contributed by atoms with Gasteiger partial charge in [0.1, 0.15) is 0 Å². The summed E-state index contributed by atoms with van der Waals surface area (Å²) in [6, 6.07) is 9.10. The Morgan fingerprint density at radius 1 is 1.46 bits per heavy atom. The normalized spacial score (nSPS) is 10.2. The third kappa shape index (κ3) is 3.37. The molecule has 13 heavy (non-hydrogen) atoms. The Balaban J connectivity index is 2.46. The lowest BCUT2D eigenvalue weighted by Gasteiger charge is -2.01. The van der Waals surface area contributed by atoms with E-state index in [-0.39, 0.29) is 12.3 Å². The lowest BCUT2D eigenvalue weighted by atomic mass is 10.3. The maximum Gasteiger partial charge on any atom is 0.229 e. The number of amides is 1. The standard InChI is InChI=1S/C9H10N2O2/c12-9(6-7-10-13)11-8-4-2-1-3-5-8/h1-5,7,13H,6H2,(H,11,12)/b10-7+. The summed E-state index contributed by atoms with van der Waals surface area (Å²) in [5.74, 6) is -0.205. The highest BCUT2D eigenvalue weighted by atomic mass is 16.4. The van der Waals surface area contributed by atoms with Gasteiger partial charge in [-0.25, -0.2) is 0 Å². The van der Waals surface area contributed by atoms with Crippen LogP contribution in [0.4, 0.5) is 5.69 Å². The second-order valence-corrected chi connectivity index (χ2v) is 2.42. The van der Waals surface area contributed by atoms with Crippen molar-refractivity contribution in [1.82, 2.24) is 0 Å². The number of nitrogens with one attached hydrogen (secondary N) is 1. The number of carbonyl (C=O) groups excluding carboxylic acids is 1. The van der Waals surface area contributed by atoms with Gasteiger partial charge >= 0.3 is 0 Å². The molecule has 4 heteroatoms. The summed E-state index contributed by atoms with van der Waals surface area (Å²) in [4.78, 5) is 11.1. The first-order valence-electron chi connectivity index (χ1n) is 3.83. The SMILES string of the molecule is O=C(C/C=N/O)Nc1ccccc1. The molecule has 0 fully saturated rings. The van der Waals surface area contributed by atoms with E-state index in [1.807, 2.05) is 18.2 Å². The first-order valence-corrected chi connectivity index (χ1v) is 3.83. The van der Waals surface area contributed by atoms with Gasteiger partial charge in [-0.3, -0.25) is 4.79 Å². The summed E-state index contributed by atoms with van der Waals surface area (Å²) in [5, 5.41) is 13.4. The van der Waals surface area contributed by atoms with Gasteiger partial charge in [0.25, 0.3) is 0 Å². The minimum atomic E-state index is -0.205. The summed E-state index contributed by atoms with van der Waals surface area (Å²) in [6.07, 6.45) is 1.21. The molecule has 1 rings (SSSR count). The minimum absolute atomic E-state index is 0.0748. The molecule has 0 aliphatic rings. The van der Waals surface area contributed by atoms with Crippen molar-refractivity contribution in [2.45, 2.75) is 6.42 Å². The smallest absolute Gasteiger partial charge is 0.229 e. The third-order valence-electron chi connectivity index (χ3n) is 1.42. The Morgan fingerprint density at radius 2 is 2.15 bits per heavy atom. The molecule has 0 unspecified atom stereocenters. The van der Waals surface area contributed by atoms with Gasteiger partial charge in [-0.05, 0) is 12.1 Å². The lowest BCUT2D eigenvalue weighted by Crippen LogP contribution is -2.11. The number of anilines is 1. The van der Waals surface area contributed by atoms with E-state index in [1.54, 1.807) is 12.1 Å². The molecule has 0 heterocycles. The van der Waals surface area contributed by atoms with Crippen LogP contribution in [0.3, 0.4) is 0 Å². The molecule has 2 N–H and O–H groups in total. The molecule has 0 saturated carbocycles. The summed E-state index contributed by atoms with van der Waals surface area (Å²) in [5.41, 5.74) is 0.735. The number of carbonyl (C=O) groups is 1. The Kier molecular flexibility index (Phi) is 3.50. The topological polar surface area (TPSA) is 61.7 Å². The number of hydrogen-bond acceptors (Lipinski definition) is 3. The monoisotopic (exact) mass is 178 g/mol. The van der Waals surface area contributed by atoms with Crippen LogP contribution >= 0.6 is 0 Å². The fourth-order valence-electron chi connectivity index (χ4n) is 0.857. The molecule has 0 bridgehead atoms. The maximum atomic E-state index is 11.1. The average molecular weight is 178 g/mol. The average Bonchev–Trinajstić information content (AvgIpc) is 2.16. The molecule has 0 aliphatic carbocycles. The molecule has 1 aromatic rings. The van der Waals surface area contributed by atoms with Crippen molar-refractivity contribution in [3.8, 4) is 0 Å². The van der Waals surface area contributed by atoms with Gasteiger partial charge in [-0.1, -0.05) is 18.2 Å². The van der Waals surface area contributed by atoms with Crippen molar-refractivity contribution in [1.29, 1.82) is 0 Å². The number of para-hydroxylation sites is 1. The predicted molar refractivity (Wildman–Crippen MR) is 50.0 cm³/mol. The van der Waals surface area contributed by atoms with E-state index in [2.05, 4.69) is 10.5 Å². The van der Waals surface area contributed by atoms with Gasteiger partial charge in [0.15, 0.2) is 0 Å². The van der Waals surface area contributed by atoms with E-state index in [0.717, 1.165) is 11.9 Å². The zero-order chi connectivity index (χ0) is 9.52. The van der Waals surface area contributed by atoms with Crippen LogP contribution < -0.4 is 5.32 Å². The van der Waals surface area contributed by atoms with Gasteiger partial charge < -0.3 is 10.5 Å². The van der Waals surface area contributed by atoms with E-state index >= 15 is 0 Å². The predicted octanol–water partition coefficient (Wildman–Crippen LogP) is 1.48. The van der Waals surface area contributed by atoms with E-state index in [4.69, 9.17) is 5.21 Å². The lowest BCUT2D eigenvalue weighted by molar-refractivity contribution is -0.115. The Morgan fingerprint density at radius 3 is 2.77 bits per heavy atom.